The van der Waals surface area contributed by atoms with E-state index >= 15 is 0 Å². The van der Waals surface area contributed by atoms with Crippen molar-refractivity contribution in [2.75, 3.05) is 5.73 Å². The Morgan fingerprint density at radius 3 is 2.00 bits per heavy atom. The molecule has 2 heterocycles. The van der Waals surface area contributed by atoms with Gasteiger partial charge in [0.1, 0.15) is 0 Å². The Morgan fingerprint density at radius 1 is 0.895 bits per heavy atom. The molecule has 0 saturated carbocycles. The van der Waals surface area contributed by atoms with Crippen molar-refractivity contribution in [2.45, 2.75) is 12.3 Å². The molecule has 0 unspecified atom stereocenters. The molecule has 0 bridgehead atoms. The van der Waals surface area contributed by atoms with Gasteiger partial charge in [-0.15, -0.1) is 0 Å². The summed E-state index contributed by atoms with van der Waals surface area (Å²) in [5, 5.41) is 0. The number of anilines is 1. The van der Waals surface area contributed by atoms with Crippen LogP contribution < -0.4 is 5.73 Å². The SMILES string of the molecule is CC(c1cccc(N)c1)(c1ccc[nH]1)c1ccc[nH]1. The lowest BCUT2D eigenvalue weighted by Crippen LogP contribution is -2.26. The third-order valence-corrected chi connectivity index (χ3v) is 3.74. The Balaban J connectivity index is 2.23. The number of hydrogen-bond donors (Lipinski definition) is 3. The second-order valence-electron chi connectivity index (χ2n) is 4.92. The molecule has 0 atom stereocenters. The van der Waals surface area contributed by atoms with E-state index in [0.29, 0.717) is 0 Å². The van der Waals surface area contributed by atoms with Gasteiger partial charge in [0.2, 0.25) is 0 Å². The van der Waals surface area contributed by atoms with Crippen LogP contribution in [-0.2, 0) is 5.41 Å². The molecule has 3 nitrogen and oxygen atoms in total. The van der Waals surface area contributed by atoms with Crippen molar-refractivity contribution in [3.63, 3.8) is 0 Å². The van der Waals surface area contributed by atoms with Crippen LogP contribution in [0.25, 0.3) is 0 Å². The minimum Gasteiger partial charge on any atom is -0.399 e. The van der Waals surface area contributed by atoms with Gasteiger partial charge >= 0.3 is 0 Å². The lowest BCUT2D eigenvalue weighted by Gasteiger charge is -2.29. The first kappa shape index (κ1) is 11.7. The maximum Gasteiger partial charge on any atom is 0.0724 e. The molecule has 2 aromatic heterocycles. The van der Waals surface area contributed by atoms with Crippen LogP contribution in [0.15, 0.2) is 60.9 Å². The molecular formula is C16H17N3. The van der Waals surface area contributed by atoms with E-state index in [1.165, 1.54) is 0 Å². The van der Waals surface area contributed by atoms with E-state index in [2.05, 4.69) is 35.1 Å². The molecule has 4 N–H and O–H groups in total. The van der Waals surface area contributed by atoms with Gasteiger partial charge in [0.05, 0.1) is 5.41 Å². The molecule has 0 amide bonds. The van der Waals surface area contributed by atoms with Crippen LogP contribution in [-0.4, -0.2) is 9.97 Å². The monoisotopic (exact) mass is 251 g/mol. The summed E-state index contributed by atoms with van der Waals surface area (Å²) in [5.41, 5.74) is 9.90. The van der Waals surface area contributed by atoms with Crippen molar-refractivity contribution in [1.82, 2.24) is 9.97 Å². The summed E-state index contributed by atoms with van der Waals surface area (Å²) in [5.74, 6) is 0. The highest BCUT2D eigenvalue weighted by Gasteiger charge is 2.33. The Bertz CT molecular complexity index is 617. The fourth-order valence-corrected chi connectivity index (χ4v) is 2.59. The van der Waals surface area contributed by atoms with Crippen molar-refractivity contribution in [3.05, 3.63) is 77.9 Å². The molecule has 1 aromatic carbocycles. The van der Waals surface area contributed by atoms with Crippen molar-refractivity contribution in [1.29, 1.82) is 0 Å². The van der Waals surface area contributed by atoms with Crippen molar-refractivity contribution in [2.24, 2.45) is 0 Å². The van der Waals surface area contributed by atoms with Crippen molar-refractivity contribution in [3.8, 4) is 0 Å². The van der Waals surface area contributed by atoms with Crippen molar-refractivity contribution >= 4 is 5.69 Å². The van der Waals surface area contributed by atoms with Gasteiger partial charge in [0, 0.05) is 29.5 Å². The highest BCUT2D eigenvalue weighted by Crippen LogP contribution is 2.37. The van der Waals surface area contributed by atoms with Gasteiger partial charge in [0.25, 0.3) is 0 Å². The molecular weight excluding hydrogens is 234 g/mol. The molecule has 0 spiro atoms. The molecule has 0 aliphatic heterocycles. The summed E-state index contributed by atoms with van der Waals surface area (Å²) in [6.07, 6.45) is 3.89. The fraction of sp³-hybridized carbons (Fsp3) is 0.125. The van der Waals surface area contributed by atoms with Gasteiger partial charge in [-0.2, -0.15) is 0 Å². The lowest BCUT2D eigenvalue weighted by atomic mass is 9.76. The van der Waals surface area contributed by atoms with E-state index in [1.807, 2.05) is 42.7 Å². The Morgan fingerprint density at radius 2 is 1.53 bits per heavy atom. The van der Waals surface area contributed by atoms with Crippen LogP contribution >= 0.6 is 0 Å². The van der Waals surface area contributed by atoms with E-state index in [-0.39, 0.29) is 5.41 Å². The smallest absolute Gasteiger partial charge is 0.0724 e. The lowest BCUT2D eigenvalue weighted by molar-refractivity contribution is 0.651. The minimum atomic E-state index is -0.262. The molecule has 0 radical (unpaired) electrons. The average Bonchev–Trinajstić information content (AvgIpc) is 3.11. The molecule has 0 aliphatic carbocycles. The fourth-order valence-electron chi connectivity index (χ4n) is 2.59. The van der Waals surface area contributed by atoms with Crippen LogP contribution in [0, 0.1) is 0 Å². The number of nitrogens with one attached hydrogen (secondary N) is 2. The molecule has 3 heteroatoms. The zero-order chi connectivity index (χ0) is 13.3. The highest BCUT2D eigenvalue weighted by molar-refractivity contribution is 5.50. The largest absolute Gasteiger partial charge is 0.399 e. The summed E-state index contributed by atoms with van der Waals surface area (Å²) in [7, 11) is 0. The second-order valence-corrected chi connectivity index (χ2v) is 4.92. The first-order valence-corrected chi connectivity index (χ1v) is 6.35. The Kier molecular flexibility index (Phi) is 2.67. The topological polar surface area (TPSA) is 57.6 Å². The van der Waals surface area contributed by atoms with Crippen LogP contribution in [0.1, 0.15) is 23.9 Å². The quantitative estimate of drug-likeness (QED) is 0.615. The number of nitrogens with two attached hydrogens (primary N) is 1. The van der Waals surface area contributed by atoms with Crippen LogP contribution in [0.5, 0.6) is 0 Å². The first-order chi connectivity index (χ1) is 9.21. The van der Waals surface area contributed by atoms with Gasteiger partial charge < -0.3 is 15.7 Å². The number of benzene rings is 1. The molecule has 0 aliphatic rings. The number of hydrogen-bond acceptors (Lipinski definition) is 1. The maximum absolute atomic E-state index is 5.94. The van der Waals surface area contributed by atoms with E-state index in [0.717, 1.165) is 22.6 Å². The minimum absolute atomic E-state index is 0.262. The van der Waals surface area contributed by atoms with E-state index in [1.54, 1.807) is 0 Å². The maximum atomic E-state index is 5.94. The van der Waals surface area contributed by atoms with Crippen molar-refractivity contribution < 1.29 is 0 Å². The van der Waals surface area contributed by atoms with Crippen LogP contribution in [0.3, 0.4) is 0 Å². The highest BCUT2D eigenvalue weighted by atomic mass is 14.8. The zero-order valence-corrected chi connectivity index (χ0v) is 10.9. The normalized spacial score (nSPS) is 11.6. The summed E-state index contributed by atoms with van der Waals surface area (Å²) in [4.78, 5) is 6.65. The standard InChI is InChI=1S/C16H17N3/c1-16(14-7-3-9-18-14,15-8-4-10-19-15)12-5-2-6-13(17)11-12/h2-11,18-19H,17H2,1H3. The third kappa shape index (κ3) is 1.83. The predicted octanol–water partition coefficient (Wildman–Crippen LogP) is 3.28. The molecule has 19 heavy (non-hydrogen) atoms. The predicted molar refractivity (Wildman–Crippen MR) is 78.0 cm³/mol. The first-order valence-electron chi connectivity index (χ1n) is 6.35. The molecule has 0 fully saturated rings. The number of aromatic amines is 2. The van der Waals surface area contributed by atoms with Gasteiger partial charge in [-0.05, 0) is 48.9 Å². The number of rotatable bonds is 3. The molecule has 0 saturated heterocycles. The molecule has 96 valence electrons. The zero-order valence-electron chi connectivity index (χ0n) is 10.9. The van der Waals surface area contributed by atoms with Gasteiger partial charge in [-0.3, -0.25) is 0 Å². The van der Waals surface area contributed by atoms with Crippen LogP contribution in [0.4, 0.5) is 5.69 Å². The van der Waals surface area contributed by atoms with Gasteiger partial charge in [-0.1, -0.05) is 12.1 Å². The van der Waals surface area contributed by atoms with Crippen LogP contribution in [0.2, 0.25) is 0 Å². The van der Waals surface area contributed by atoms with Gasteiger partial charge in [-0.25, -0.2) is 0 Å². The third-order valence-electron chi connectivity index (χ3n) is 3.74. The Hall–Kier alpha value is -2.42. The number of aromatic nitrogens is 2. The number of H-pyrrole nitrogens is 2. The number of nitrogen functional groups attached to an aromatic ring is 1. The average molecular weight is 251 g/mol. The summed E-state index contributed by atoms with van der Waals surface area (Å²) in [6.45, 7) is 2.19. The summed E-state index contributed by atoms with van der Waals surface area (Å²) >= 11 is 0. The summed E-state index contributed by atoms with van der Waals surface area (Å²) in [6, 6.07) is 16.3. The van der Waals surface area contributed by atoms with E-state index < -0.39 is 0 Å². The van der Waals surface area contributed by atoms with E-state index in [4.69, 9.17) is 5.73 Å². The Labute approximate surface area is 112 Å². The second kappa shape index (κ2) is 4.35. The summed E-state index contributed by atoms with van der Waals surface area (Å²) < 4.78 is 0. The molecule has 3 aromatic rings. The van der Waals surface area contributed by atoms with E-state index in [9.17, 15) is 0 Å². The van der Waals surface area contributed by atoms with Gasteiger partial charge in [0.15, 0.2) is 0 Å². The molecule has 3 rings (SSSR count).